The molecule has 15 heavy (non-hydrogen) atoms. The second-order valence-corrected chi connectivity index (χ2v) is 5.34. The molecule has 2 unspecified atom stereocenters. The van der Waals surface area contributed by atoms with Crippen molar-refractivity contribution in [3.05, 3.63) is 0 Å². The van der Waals surface area contributed by atoms with Crippen LogP contribution >= 0.6 is 0 Å². The van der Waals surface area contributed by atoms with Gasteiger partial charge in [0.1, 0.15) is 0 Å². The Kier molecular flexibility index (Phi) is 6.41. The fourth-order valence-electron chi connectivity index (χ4n) is 1.38. The summed E-state index contributed by atoms with van der Waals surface area (Å²) in [5.41, 5.74) is -0.584. The van der Waals surface area contributed by atoms with Crippen molar-refractivity contribution < 1.29 is 5.11 Å². The molecule has 92 valence electrons. The maximum atomic E-state index is 9.91. The SMILES string of the molecule is CCC(C)(O)CNC(CN(C)C)C(C)C. The van der Waals surface area contributed by atoms with Crippen LogP contribution in [0.3, 0.4) is 0 Å². The van der Waals surface area contributed by atoms with Gasteiger partial charge in [-0.25, -0.2) is 0 Å². The fraction of sp³-hybridized carbons (Fsp3) is 1.00. The first-order chi connectivity index (χ1) is 6.78. The highest BCUT2D eigenvalue weighted by atomic mass is 16.3. The lowest BCUT2D eigenvalue weighted by molar-refractivity contribution is 0.0497. The summed E-state index contributed by atoms with van der Waals surface area (Å²) in [7, 11) is 4.16. The van der Waals surface area contributed by atoms with Gasteiger partial charge in [0.05, 0.1) is 5.60 Å². The van der Waals surface area contributed by atoms with Crippen molar-refractivity contribution >= 4 is 0 Å². The van der Waals surface area contributed by atoms with Crippen molar-refractivity contribution in [2.24, 2.45) is 5.92 Å². The molecule has 2 N–H and O–H groups in total. The van der Waals surface area contributed by atoms with Crippen LogP contribution in [0, 0.1) is 5.92 Å². The Morgan fingerprint density at radius 1 is 1.33 bits per heavy atom. The molecule has 0 saturated carbocycles. The molecule has 0 fully saturated rings. The fourth-order valence-corrected chi connectivity index (χ4v) is 1.38. The quantitative estimate of drug-likeness (QED) is 0.674. The molecule has 3 nitrogen and oxygen atoms in total. The van der Waals surface area contributed by atoms with Crippen LogP contribution in [0.25, 0.3) is 0 Å². The van der Waals surface area contributed by atoms with Crippen LogP contribution in [-0.2, 0) is 0 Å². The van der Waals surface area contributed by atoms with Crippen LogP contribution in [0.4, 0.5) is 0 Å². The number of nitrogens with one attached hydrogen (secondary N) is 1. The van der Waals surface area contributed by atoms with Gasteiger partial charge in [-0.1, -0.05) is 20.8 Å². The molecule has 0 aliphatic carbocycles. The minimum atomic E-state index is -0.584. The van der Waals surface area contributed by atoms with Gasteiger partial charge in [0.2, 0.25) is 0 Å². The normalized spacial score (nSPS) is 18.2. The Balaban J connectivity index is 4.07. The van der Waals surface area contributed by atoms with Gasteiger partial charge in [0.25, 0.3) is 0 Å². The smallest absolute Gasteiger partial charge is 0.0741 e. The number of rotatable bonds is 7. The molecular weight excluding hydrogens is 188 g/mol. The van der Waals surface area contributed by atoms with E-state index in [1.807, 2.05) is 13.8 Å². The van der Waals surface area contributed by atoms with E-state index in [0.29, 0.717) is 18.5 Å². The molecular formula is C12H28N2O. The summed E-state index contributed by atoms with van der Waals surface area (Å²) in [6.45, 7) is 9.99. The molecule has 0 spiro atoms. The van der Waals surface area contributed by atoms with Gasteiger partial charge in [0.15, 0.2) is 0 Å². The van der Waals surface area contributed by atoms with E-state index < -0.39 is 5.60 Å². The summed E-state index contributed by atoms with van der Waals surface area (Å²) in [6, 6.07) is 0.443. The first kappa shape index (κ1) is 14.9. The van der Waals surface area contributed by atoms with E-state index in [2.05, 4.69) is 38.2 Å². The van der Waals surface area contributed by atoms with E-state index in [1.54, 1.807) is 0 Å². The van der Waals surface area contributed by atoms with Crippen LogP contribution in [0.5, 0.6) is 0 Å². The molecule has 0 aromatic heterocycles. The summed E-state index contributed by atoms with van der Waals surface area (Å²) in [4.78, 5) is 2.18. The number of likely N-dealkylation sites (N-methyl/N-ethyl adjacent to an activating group) is 1. The van der Waals surface area contributed by atoms with Crippen molar-refractivity contribution in [2.75, 3.05) is 27.2 Å². The minimum Gasteiger partial charge on any atom is -0.389 e. The molecule has 2 atom stereocenters. The molecule has 0 rings (SSSR count). The highest BCUT2D eigenvalue weighted by Gasteiger charge is 2.21. The van der Waals surface area contributed by atoms with Gasteiger partial charge in [-0.2, -0.15) is 0 Å². The zero-order chi connectivity index (χ0) is 12.1. The first-order valence-electron chi connectivity index (χ1n) is 5.89. The molecule has 0 bridgehead atoms. The van der Waals surface area contributed by atoms with Crippen LogP contribution in [0.15, 0.2) is 0 Å². The Labute approximate surface area is 94.9 Å². The maximum Gasteiger partial charge on any atom is 0.0741 e. The third-order valence-electron chi connectivity index (χ3n) is 2.87. The summed E-state index contributed by atoms with van der Waals surface area (Å²) < 4.78 is 0. The zero-order valence-corrected chi connectivity index (χ0v) is 11.2. The highest BCUT2D eigenvalue weighted by molar-refractivity contribution is 4.79. The van der Waals surface area contributed by atoms with Gasteiger partial charge in [0, 0.05) is 19.1 Å². The Morgan fingerprint density at radius 3 is 2.20 bits per heavy atom. The molecule has 0 radical (unpaired) electrons. The van der Waals surface area contributed by atoms with Gasteiger partial charge in [-0.05, 0) is 33.4 Å². The highest BCUT2D eigenvalue weighted by Crippen LogP contribution is 2.09. The largest absolute Gasteiger partial charge is 0.389 e. The topological polar surface area (TPSA) is 35.5 Å². The van der Waals surface area contributed by atoms with E-state index in [4.69, 9.17) is 0 Å². The predicted octanol–water partition coefficient (Wildman–Crippen LogP) is 1.32. The van der Waals surface area contributed by atoms with E-state index in [9.17, 15) is 5.11 Å². The standard InChI is InChI=1S/C12H28N2O/c1-7-12(4,15)9-13-11(10(2)3)8-14(5)6/h10-11,13,15H,7-9H2,1-6H3. The average molecular weight is 216 g/mol. The third-order valence-corrected chi connectivity index (χ3v) is 2.87. The summed E-state index contributed by atoms with van der Waals surface area (Å²) in [5.74, 6) is 0.583. The van der Waals surface area contributed by atoms with Crippen molar-refractivity contribution in [1.29, 1.82) is 0 Å². The van der Waals surface area contributed by atoms with Gasteiger partial charge < -0.3 is 15.3 Å². The first-order valence-corrected chi connectivity index (χ1v) is 5.89. The van der Waals surface area contributed by atoms with Crippen molar-refractivity contribution in [1.82, 2.24) is 10.2 Å². The minimum absolute atomic E-state index is 0.443. The predicted molar refractivity (Wildman–Crippen MR) is 66.1 cm³/mol. The van der Waals surface area contributed by atoms with Crippen molar-refractivity contribution in [3.8, 4) is 0 Å². The Bertz CT molecular complexity index is 167. The molecule has 0 aromatic carbocycles. The van der Waals surface area contributed by atoms with Gasteiger partial charge in [-0.15, -0.1) is 0 Å². The van der Waals surface area contributed by atoms with Crippen LogP contribution in [0.2, 0.25) is 0 Å². The number of hydrogen-bond acceptors (Lipinski definition) is 3. The lowest BCUT2D eigenvalue weighted by Gasteiger charge is -2.30. The van der Waals surface area contributed by atoms with E-state index in [1.165, 1.54) is 0 Å². The second kappa shape index (κ2) is 6.46. The molecule has 0 aromatic rings. The average Bonchev–Trinajstić information content (AvgIpc) is 2.11. The maximum absolute atomic E-state index is 9.91. The molecule has 0 saturated heterocycles. The van der Waals surface area contributed by atoms with Crippen molar-refractivity contribution in [3.63, 3.8) is 0 Å². The van der Waals surface area contributed by atoms with Crippen molar-refractivity contribution in [2.45, 2.75) is 45.8 Å². The van der Waals surface area contributed by atoms with E-state index in [0.717, 1.165) is 13.0 Å². The van der Waals surface area contributed by atoms with Crippen LogP contribution in [0.1, 0.15) is 34.1 Å². The number of aliphatic hydroxyl groups is 1. The monoisotopic (exact) mass is 216 g/mol. The van der Waals surface area contributed by atoms with Gasteiger partial charge >= 0.3 is 0 Å². The van der Waals surface area contributed by atoms with E-state index in [-0.39, 0.29) is 0 Å². The Hall–Kier alpha value is -0.120. The lowest BCUT2D eigenvalue weighted by Crippen LogP contribution is -2.48. The third kappa shape index (κ3) is 6.88. The van der Waals surface area contributed by atoms with E-state index >= 15 is 0 Å². The number of nitrogens with zero attached hydrogens (tertiary/aromatic N) is 1. The molecule has 0 aliphatic rings. The molecule has 0 heterocycles. The second-order valence-electron chi connectivity index (χ2n) is 5.34. The summed E-state index contributed by atoms with van der Waals surface area (Å²) >= 11 is 0. The molecule has 0 amide bonds. The zero-order valence-electron chi connectivity index (χ0n) is 11.2. The Morgan fingerprint density at radius 2 is 1.87 bits per heavy atom. The van der Waals surface area contributed by atoms with Crippen LogP contribution < -0.4 is 5.32 Å². The van der Waals surface area contributed by atoms with Gasteiger partial charge in [-0.3, -0.25) is 0 Å². The summed E-state index contributed by atoms with van der Waals surface area (Å²) in [5, 5.41) is 13.4. The molecule has 0 aliphatic heterocycles. The lowest BCUT2D eigenvalue weighted by atomic mass is 10.00. The molecule has 3 heteroatoms. The number of hydrogen-bond donors (Lipinski definition) is 2. The summed E-state index contributed by atoms with van der Waals surface area (Å²) in [6.07, 6.45) is 0.785. The van der Waals surface area contributed by atoms with Crippen LogP contribution in [-0.4, -0.2) is 48.8 Å².